The van der Waals surface area contributed by atoms with Crippen LogP contribution in [-0.2, 0) is 14.9 Å². The lowest BCUT2D eigenvalue weighted by Crippen LogP contribution is -2.13. The predicted molar refractivity (Wildman–Crippen MR) is 86.3 cm³/mol. The minimum absolute atomic E-state index is 0.0859. The van der Waals surface area contributed by atoms with Gasteiger partial charge in [-0.2, -0.15) is 8.42 Å². The van der Waals surface area contributed by atoms with Gasteiger partial charge in [-0.15, -0.1) is 0 Å². The van der Waals surface area contributed by atoms with E-state index in [1.165, 1.54) is 18.2 Å². The van der Waals surface area contributed by atoms with Crippen molar-refractivity contribution in [2.45, 2.75) is 31.8 Å². The summed E-state index contributed by atoms with van der Waals surface area (Å²) in [5, 5.41) is 0. The molecule has 5 nitrogen and oxygen atoms in total. The number of ether oxygens (including phenoxy) is 1. The molecular weight excluding hydrogens is 316 g/mol. The van der Waals surface area contributed by atoms with Gasteiger partial charge in [-0.05, 0) is 56.2 Å². The average Bonchev–Trinajstić information content (AvgIpc) is 2.46. The summed E-state index contributed by atoms with van der Waals surface area (Å²) in [5.74, 6) is 0.513. The van der Waals surface area contributed by atoms with Crippen molar-refractivity contribution in [3.63, 3.8) is 0 Å². The lowest BCUT2D eigenvalue weighted by Gasteiger charge is -2.12. The molecule has 1 atom stereocenters. The summed E-state index contributed by atoms with van der Waals surface area (Å²) < 4.78 is 35.2. The Balaban J connectivity index is 2.30. The monoisotopic (exact) mass is 334 g/mol. The van der Waals surface area contributed by atoms with Crippen molar-refractivity contribution in [3.8, 4) is 11.5 Å². The van der Waals surface area contributed by atoms with Crippen molar-refractivity contribution in [3.05, 3.63) is 53.6 Å². The van der Waals surface area contributed by atoms with Gasteiger partial charge in [-0.1, -0.05) is 12.1 Å². The molecule has 2 rings (SSSR count). The Kier molecular flexibility index (Phi) is 5.05. The maximum atomic E-state index is 12.3. The minimum atomic E-state index is -3.93. The van der Waals surface area contributed by atoms with Crippen LogP contribution in [0.25, 0.3) is 0 Å². The molecule has 0 heterocycles. The fourth-order valence-corrected chi connectivity index (χ4v) is 3.04. The van der Waals surface area contributed by atoms with Crippen LogP contribution in [0, 0.1) is 13.8 Å². The zero-order valence-corrected chi connectivity index (χ0v) is 14.0. The van der Waals surface area contributed by atoms with Crippen LogP contribution >= 0.6 is 0 Å². The molecule has 0 amide bonds. The van der Waals surface area contributed by atoms with Gasteiger partial charge in [0.05, 0.1) is 0 Å². The van der Waals surface area contributed by atoms with Crippen molar-refractivity contribution < 1.29 is 22.1 Å². The van der Waals surface area contributed by atoms with Crippen molar-refractivity contribution >= 4 is 16.4 Å². The summed E-state index contributed by atoms with van der Waals surface area (Å²) in [6.45, 7) is 5.18. The van der Waals surface area contributed by atoms with E-state index in [1.54, 1.807) is 45.0 Å². The maximum Gasteiger partial charge on any atom is 0.339 e. The third-order valence-corrected chi connectivity index (χ3v) is 4.27. The van der Waals surface area contributed by atoms with E-state index in [2.05, 4.69) is 0 Å². The smallest absolute Gasteiger partial charge is 0.339 e. The Morgan fingerprint density at radius 1 is 1.00 bits per heavy atom. The highest BCUT2D eigenvalue weighted by atomic mass is 32.2. The van der Waals surface area contributed by atoms with Gasteiger partial charge < -0.3 is 8.92 Å². The molecule has 122 valence electrons. The molecule has 0 aliphatic heterocycles. The molecule has 0 spiro atoms. The molecule has 0 radical (unpaired) electrons. The summed E-state index contributed by atoms with van der Waals surface area (Å²) in [6, 6.07) is 11.2. The van der Waals surface area contributed by atoms with E-state index in [0.717, 1.165) is 11.1 Å². The van der Waals surface area contributed by atoms with Crippen LogP contribution in [0.2, 0.25) is 0 Å². The van der Waals surface area contributed by atoms with Crippen molar-refractivity contribution in [1.82, 2.24) is 0 Å². The number of hydrogen-bond donors (Lipinski definition) is 0. The van der Waals surface area contributed by atoms with Crippen LogP contribution < -0.4 is 8.92 Å². The number of aldehydes is 1. The van der Waals surface area contributed by atoms with Gasteiger partial charge in [0.15, 0.2) is 12.4 Å². The van der Waals surface area contributed by atoms with Crippen LogP contribution in [0.5, 0.6) is 11.5 Å². The van der Waals surface area contributed by atoms with E-state index in [9.17, 15) is 13.2 Å². The molecule has 0 saturated heterocycles. The summed E-state index contributed by atoms with van der Waals surface area (Å²) in [6.07, 6.45) is 0.0323. The Bertz CT molecular complexity index is 811. The first-order chi connectivity index (χ1) is 10.8. The van der Waals surface area contributed by atoms with Gasteiger partial charge in [0.25, 0.3) is 0 Å². The van der Waals surface area contributed by atoms with E-state index in [-0.39, 0.29) is 10.6 Å². The molecule has 0 aliphatic rings. The molecule has 2 aromatic carbocycles. The number of hydrogen-bond acceptors (Lipinski definition) is 5. The lowest BCUT2D eigenvalue weighted by molar-refractivity contribution is -0.113. The highest BCUT2D eigenvalue weighted by Crippen LogP contribution is 2.26. The molecule has 0 bridgehead atoms. The van der Waals surface area contributed by atoms with Crippen LogP contribution in [0.3, 0.4) is 0 Å². The SMILES string of the molecule is Cc1cc(OC(C)C=O)cc(OS(=O)(=O)c2cccc(C)c2)c1. The first-order valence-corrected chi connectivity index (χ1v) is 8.46. The van der Waals surface area contributed by atoms with Gasteiger partial charge in [0.2, 0.25) is 0 Å². The zero-order valence-electron chi connectivity index (χ0n) is 13.1. The third-order valence-electron chi connectivity index (χ3n) is 3.02. The Hall–Kier alpha value is -2.34. The molecule has 0 aliphatic carbocycles. The number of aryl methyl sites for hydroxylation is 2. The Morgan fingerprint density at radius 2 is 1.70 bits per heavy atom. The second kappa shape index (κ2) is 6.83. The fraction of sp³-hybridized carbons (Fsp3) is 0.235. The number of carbonyl (C=O) groups is 1. The lowest BCUT2D eigenvalue weighted by atomic mass is 10.2. The highest BCUT2D eigenvalue weighted by molar-refractivity contribution is 7.87. The van der Waals surface area contributed by atoms with E-state index >= 15 is 0 Å². The van der Waals surface area contributed by atoms with Gasteiger partial charge in [-0.25, -0.2) is 0 Å². The standard InChI is InChI=1S/C17H18O5S/c1-12-5-4-6-17(9-12)23(19,20)22-16-8-13(2)7-15(10-16)21-14(3)11-18/h4-11,14H,1-3H3. The molecule has 0 saturated carbocycles. The van der Waals surface area contributed by atoms with E-state index in [0.29, 0.717) is 12.0 Å². The molecule has 23 heavy (non-hydrogen) atoms. The normalized spacial score (nSPS) is 12.5. The Morgan fingerprint density at radius 3 is 2.35 bits per heavy atom. The van der Waals surface area contributed by atoms with Gasteiger partial charge >= 0.3 is 10.1 Å². The predicted octanol–water partition coefficient (Wildman–Crippen LogP) is 3.04. The van der Waals surface area contributed by atoms with Crippen molar-refractivity contribution in [1.29, 1.82) is 0 Å². The Labute approximate surface area is 136 Å². The van der Waals surface area contributed by atoms with Gasteiger partial charge in [0.1, 0.15) is 16.4 Å². The second-order valence-corrected chi connectivity index (χ2v) is 6.84. The van der Waals surface area contributed by atoms with E-state index in [1.807, 2.05) is 0 Å². The van der Waals surface area contributed by atoms with Crippen molar-refractivity contribution in [2.75, 3.05) is 0 Å². The summed E-state index contributed by atoms with van der Waals surface area (Å²) >= 11 is 0. The molecule has 2 aromatic rings. The quantitative estimate of drug-likeness (QED) is 0.600. The van der Waals surface area contributed by atoms with Gasteiger partial charge in [0, 0.05) is 6.07 Å². The fourth-order valence-electron chi connectivity index (χ4n) is 2.02. The second-order valence-electron chi connectivity index (χ2n) is 5.29. The third kappa shape index (κ3) is 4.56. The van der Waals surface area contributed by atoms with Crippen LogP contribution in [-0.4, -0.2) is 20.8 Å². The largest absolute Gasteiger partial charge is 0.483 e. The number of rotatable bonds is 6. The first kappa shape index (κ1) is 17.0. The molecule has 0 aromatic heterocycles. The summed E-state index contributed by atoms with van der Waals surface area (Å²) in [5.41, 5.74) is 1.58. The highest BCUT2D eigenvalue weighted by Gasteiger charge is 2.17. The summed E-state index contributed by atoms with van der Waals surface area (Å²) in [7, 11) is -3.93. The first-order valence-electron chi connectivity index (χ1n) is 7.05. The summed E-state index contributed by atoms with van der Waals surface area (Å²) in [4.78, 5) is 10.8. The maximum absolute atomic E-state index is 12.3. The number of carbonyl (C=O) groups excluding carboxylic acids is 1. The average molecular weight is 334 g/mol. The van der Waals surface area contributed by atoms with Crippen LogP contribution in [0.15, 0.2) is 47.4 Å². The number of benzene rings is 2. The molecule has 6 heteroatoms. The zero-order chi connectivity index (χ0) is 17.0. The molecule has 1 unspecified atom stereocenters. The van der Waals surface area contributed by atoms with Gasteiger partial charge in [-0.3, -0.25) is 4.79 Å². The minimum Gasteiger partial charge on any atom is -0.483 e. The topological polar surface area (TPSA) is 69.7 Å². The molecule has 0 fully saturated rings. The van der Waals surface area contributed by atoms with E-state index in [4.69, 9.17) is 8.92 Å². The van der Waals surface area contributed by atoms with E-state index < -0.39 is 16.2 Å². The van der Waals surface area contributed by atoms with Crippen LogP contribution in [0.4, 0.5) is 0 Å². The molecule has 0 N–H and O–H groups in total. The van der Waals surface area contributed by atoms with Crippen LogP contribution in [0.1, 0.15) is 18.1 Å². The molecular formula is C17H18O5S. The van der Waals surface area contributed by atoms with Crippen molar-refractivity contribution in [2.24, 2.45) is 0 Å².